The van der Waals surface area contributed by atoms with E-state index in [2.05, 4.69) is 36.6 Å². The third kappa shape index (κ3) is 7.67. The Morgan fingerprint density at radius 1 is 0.857 bits per heavy atom. The van der Waals surface area contributed by atoms with Crippen molar-refractivity contribution < 1.29 is 14.4 Å². The van der Waals surface area contributed by atoms with Gasteiger partial charge in [-0.25, -0.2) is 0 Å². The smallest absolute Gasteiger partial charge is 0.243 e. The molecule has 2 N–H and O–H groups in total. The van der Waals surface area contributed by atoms with Crippen LogP contribution in [0.3, 0.4) is 0 Å². The first kappa shape index (κ1) is 31.0. The molecule has 1 unspecified atom stereocenters. The molecule has 0 bridgehead atoms. The highest BCUT2D eigenvalue weighted by Crippen LogP contribution is 2.37. The molecule has 0 spiro atoms. The summed E-state index contributed by atoms with van der Waals surface area (Å²) < 4.78 is 0. The van der Waals surface area contributed by atoms with Gasteiger partial charge in [0.1, 0.15) is 6.04 Å². The number of rotatable bonds is 13. The Kier molecular flexibility index (Phi) is 10.9. The van der Waals surface area contributed by atoms with E-state index in [1.807, 2.05) is 78.9 Å². The molecule has 0 saturated carbocycles. The molecule has 3 amide bonds. The van der Waals surface area contributed by atoms with Crippen LogP contribution < -0.4 is 10.6 Å². The Hall–Kier alpha value is -3.93. The van der Waals surface area contributed by atoms with Crippen LogP contribution >= 0.6 is 0 Å². The number of carbonyl (C=O) groups is 3. The highest BCUT2D eigenvalue weighted by atomic mass is 16.2. The first-order chi connectivity index (χ1) is 20.3. The van der Waals surface area contributed by atoms with Crippen molar-refractivity contribution in [1.82, 2.24) is 15.5 Å². The fourth-order valence-corrected chi connectivity index (χ4v) is 6.30. The van der Waals surface area contributed by atoms with E-state index in [4.69, 9.17) is 0 Å². The van der Waals surface area contributed by atoms with Crippen LogP contribution in [-0.2, 0) is 19.8 Å². The fourth-order valence-electron chi connectivity index (χ4n) is 6.30. The third-order valence-electron chi connectivity index (χ3n) is 8.80. The number of benzene rings is 3. The number of nitrogens with zero attached hydrogens (tertiary/aromatic N) is 1. The van der Waals surface area contributed by atoms with Gasteiger partial charge in [-0.2, -0.15) is 0 Å². The third-order valence-corrected chi connectivity index (χ3v) is 8.80. The molecule has 222 valence electrons. The van der Waals surface area contributed by atoms with Gasteiger partial charge in [0, 0.05) is 31.8 Å². The SMILES string of the molecule is CC(=O)NCC(CCCCC(=O)N1CCC[C@H]1C(=O)NC(c1ccccc1)c1ccccc1)(c1ccccc1)C(C)C. The Morgan fingerprint density at radius 3 is 1.98 bits per heavy atom. The Morgan fingerprint density at radius 2 is 1.43 bits per heavy atom. The van der Waals surface area contributed by atoms with Gasteiger partial charge in [0.15, 0.2) is 0 Å². The predicted molar refractivity (Wildman–Crippen MR) is 168 cm³/mol. The molecule has 0 radical (unpaired) electrons. The largest absolute Gasteiger partial charge is 0.355 e. The summed E-state index contributed by atoms with van der Waals surface area (Å²) >= 11 is 0. The van der Waals surface area contributed by atoms with Gasteiger partial charge in [0.05, 0.1) is 6.04 Å². The second-order valence-electron chi connectivity index (χ2n) is 11.8. The van der Waals surface area contributed by atoms with Crippen molar-refractivity contribution in [2.24, 2.45) is 5.92 Å². The van der Waals surface area contributed by atoms with Gasteiger partial charge in [0.2, 0.25) is 17.7 Å². The lowest BCUT2D eigenvalue weighted by Crippen LogP contribution is -2.47. The Labute approximate surface area is 250 Å². The van der Waals surface area contributed by atoms with Crippen molar-refractivity contribution in [3.05, 3.63) is 108 Å². The first-order valence-electron chi connectivity index (χ1n) is 15.3. The molecule has 6 heteroatoms. The lowest BCUT2D eigenvalue weighted by molar-refractivity contribution is -0.138. The van der Waals surface area contributed by atoms with E-state index in [9.17, 15) is 14.4 Å². The van der Waals surface area contributed by atoms with Crippen LogP contribution in [0.1, 0.15) is 82.0 Å². The van der Waals surface area contributed by atoms with Gasteiger partial charge in [-0.3, -0.25) is 14.4 Å². The maximum atomic E-state index is 13.6. The molecule has 4 rings (SSSR count). The minimum atomic E-state index is -0.453. The van der Waals surface area contributed by atoms with Crippen LogP contribution in [0.15, 0.2) is 91.0 Å². The average molecular weight is 568 g/mol. The molecule has 1 heterocycles. The van der Waals surface area contributed by atoms with Crippen LogP contribution in [0.2, 0.25) is 0 Å². The molecule has 3 aromatic rings. The lowest BCUT2D eigenvalue weighted by Gasteiger charge is -2.39. The van der Waals surface area contributed by atoms with E-state index < -0.39 is 6.04 Å². The molecule has 42 heavy (non-hydrogen) atoms. The zero-order valence-electron chi connectivity index (χ0n) is 25.2. The van der Waals surface area contributed by atoms with Crippen LogP contribution in [0.25, 0.3) is 0 Å². The molecule has 1 saturated heterocycles. The van der Waals surface area contributed by atoms with Gasteiger partial charge >= 0.3 is 0 Å². The normalized spacial score (nSPS) is 16.3. The van der Waals surface area contributed by atoms with Crippen LogP contribution in [-0.4, -0.2) is 41.8 Å². The van der Waals surface area contributed by atoms with E-state index in [1.54, 1.807) is 11.8 Å². The Bertz CT molecular complexity index is 1260. The summed E-state index contributed by atoms with van der Waals surface area (Å²) in [5.41, 5.74) is 3.02. The second-order valence-corrected chi connectivity index (χ2v) is 11.8. The molecule has 2 atom stereocenters. The number of unbranched alkanes of at least 4 members (excludes halogenated alkanes) is 1. The number of nitrogens with one attached hydrogen (secondary N) is 2. The molecular formula is C36H45N3O3. The van der Waals surface area contributed by atoms with Gasteiger partial charge in [-0.15, -0.1) is 0 Å². The molecule has 0 aliphatic carbocycles. The summed E-state index contributed by atoms with van der Waals surface area (Å²) in [5, 5.41) is 6.31. The van der Waals surface area contributed by atoms with E-state index in [0.717, 1.165) is 36.8 Å². The minimum absolute atomic E-state index is 0.0359. The summed E-state index contributed by atoms with van der Waals surface area (Å²) in [4.78, 5) is 40.6. The molecular weight excluding hydrogens is 522 g/mol. The number of amides is 3. The van der Waals surface area contributed by atoms with E-state index in [0.29, 0.717) is 31.8 Å². The quantitative estimate of drug-likeness (QED) is 0.242. The molecule has 0 aromatic heterocycles. The van der Waals surface area contributed by atoms with E-state index >= 15 is 0 Å². The standard InChI is InChI=1S/C36H45N3O3/c1-27(2)36(26-37-28(3)40,31-20-11-6-12-21-31)24-14-13-23-33(41)39-25-15-22-32(39)35(42)38-34(29-16-7-4-8-17-29)30-18-9-5-10-19-30/h4-12,16-21,27,32,34H,13-15,22-26H2,1-3H3,(H,37,40)(H,38,42)/t32-,36?/m0/s1. The molecule has 1 fully saturated rings. The second kappa shape index (κ2) is 14.8. The van der Waals surface area contributed by atoms with Crippen molar-refractivity contribution in [3.63, 3.8) is 0 Å². The van der Waals surface area contributed by atoms with Gasteiger partial charge < -0.3 is 15.5 Å². The first-order valence-corrected chi connectivity index (χ1v) is 15.3. The van der Waals surface area contributed by atoms with Crippen LogP contribution in [0.5, 0.6) is 0 Å². The zero-order chi connectivity index (χ0) is 30.0. The molecule has 1 aliphatic rings. The van der Waals surface area contributed by atoms with Crippen molar-refractivity contribution in [1.29, 1.82) is 0 Å². The monoisotopic (exact) mass is 567 g/mol. The van der Waals surface area contributed by atoms with E-state index in [-0.39, 0.29) is 29.2 Å². The molecule has 3 aromatic carbocycles. The summed E-state index contributed by atoms with van der Waals surface area (Å²) in [6.45, 7) is 7.13. The highest BCUT2D eigenvalue weighted by molar-refractivity contribution is 5.88. The van der Waals surface area contributed by atoms with Crippen molar-refractivity contribution in [2.45, 2.75) is 76.8 Å². The van der Waals surface area contributed by atoms with Crippen LogP contribution in [0.4, 0.5) is 0 Å². The van der Waals surface area contributed by atoms with Crippen LogP contribution in [0, 0.1) is 5.92 Å². The summed E-state index contributed by atoms with van der Waals surface area (Å²) in [7, 11) is 0. The number of hydrogen-bond donors (Lipinski definition) is 2. The van der Waals surface area contributed by atoms with Gasteiger partial charge in [0.25, 0.3) is 0 Å². The number of carbonyl (C=O) groups excluding carboxylic acids is 3. The lowest BCUT2D eigenvalue weighted by atomic mass is 9.68. The minimum Gasteiger partial charge on any atom is -0.355 e. The van der Waals surface area contributed by atoms with Crippen molar-refractivity contribution in [2.75, 3.05) is 13.1 Å². The average Bonchev–Trinajstić information content (AvgIpc) is 3.51. The zero-order valence-corrected chi connectivity index (χ0v) is 25.2. The van der Waals surface area contributed by atoms with Crippen molar-refractivity contribution in [3.8, 4) is 0 Å². The summed E-state index contributed by atoms with van der Waals surface area (Å²) in [5.74, 6) is 0.208. The predicted octanol–water partition coefficient (Wildman–Crippen LogP) is 6.17. The highest BCUT2D eigenvalue weighted by Gasteiger charge is 2.37. The summed E-state index contributed by atoms with van der Waals surface area (Å²) in [6, 6.07) is 29.6. The number of hydrogen-bond acceptors (Lipinski definition) is 3. The molecule has 1 aliphatic heterocycles. The van der Waals surface area contributed by atoms with Gasteiger partial charge in [-0.05, 0) is 48.3 Å². The maximum absolute atomic E-state index is 13.6. The van der Waals surface area contributed by atoms with Gasteiger partial charge in [-0.1, -0.05) is 111 Å². The topological polar surface area (TPSA) is 78.5 Å². The maximum Gasteiger partial charge on any atom is 0.243 e. The van der Waals surface area contributed by atoms with E-state index in [1.165, 1.54) is 5.56 Å². The Balaban J connectivity index is 1.39. The number of likely N-dealkylation sites (tertiary alicyclic amines) is 1. The molecule has 6 nitrogen and oxygen atoms in total. The fraction of sp³-hybridized carbons (Fsp3) is 0.417. The summed E-state index contributed by atoms with van der Waals surface area (Å²) in [6.07, 6.45) is 4.37. The van der Waals surface area contributed by atoms with Crippen molar-refractivity contribution >= 4 is 17.7 Å².